The molecule has 0 fully saturated rings. The Hall–Kier alpha value is -1.22. The number of hydrogen-bond donors (Lipinski definition) is 1. The van der Waals surface area contributed by atoms with E-state index in [0.717, 1.165) is 12.8 Å². The maximum absolute atomic E-state index is 9.92. The standard InChI is InChI=1S/C15H20O/c1-5-7-13-11(3)9-10-14(13)12(4)15(16)8-6-2/h1,8,12,14-16H,2,7,9-10H2,3-4H3. The molecule has 1 aliphatic carbocycles. The predicted octanol–water partition coefficient (Wildman–Crippen LogP) is 3.07. The molecule has 1 nitrogen and oxygen atoms in total. The van der Waals surface area contributed by atoms with Gasteiger partial charge in [0.1, 0.15) is 0 Å². The maximum Gasteiger partial charge on any atom is 0.0825 e. The van der Waals surface area contributed by atoms with E-state index < -0.39 is 6.10 Å². The highest BCUT2D eigenvalue weighted by molar-refractivity contribution is 5.26. The minimum Gasteiger partial charge on any atom is -0.388 e. The van der Waals surface area contributed by atoms with Crippen molar-refractivity contribution < 1.29 is 5.11 Å². The average molecular weight is 216 g/mol. The summed E-state index contributed by atoms with van der Waals surface area (Å²) >= 11 is 0. The molecule has 0 amide bonds. The number of allylic oxidation sites excluding steroid dienone is 2. The van der Waals surface area contributed by atoms with Gasteiger partial charge in [0, 0.05) is 6.42 Å². The topological polar surface area (TPSA) is 20.2 Å². The summed E-state index contributed by atoms with van der Waals surface area (Å²) in [5.74, 6) is 3.32. The third kappa shape index (κ3) is 2.67. The lowest BCUT2D eigenvalue weighted by atomic mass is 9.83. The Labute approximate surface area is 98.6 Å². The summed E-state index contributed by atoms with van der Waals surface area (Å²) in [7, 11) is 0. The van der Waals surface area contributed by atoms with Crippen molar-refractivity contribution >= 4 is 0 Å². The van der Waals surface area contributed by atoms with Crippen LogP contribution in [0.25, 0.3) is 0 Å². The van der Waals surface area contributed by atoms with Crippen molar-refractivity contribution in [3.8, 4) is 12.3 Å². The Kier molecular flexibility index (Phi) is 4.62. The molecule has 0 saturated heterocycles. The van der Waals surface area contributed by atoms with E-state index in [1.165, 1.54) is 11.1 Å². The van der Waals surface area contributed by atoms with E-state index in [1.807, 2.05) is 0 Å². The fraction of sp³-hybridized carbons (Fsp3) is 0.533. The average Bonchev–Trinajstić information content (AvgIpc) is 2.61. The van der Waals surface area contributed by atoms with Gasteiger partial charge in [0.2, 0.25) is 0 Å². The normalized spacial score (nSPS) is 23.5. The first-order chi connectivity index (χ1) is 7.61. The molecule has 16 heavy (non-hydrogen) atoms. The number of aliphatic hydroxyl groups is 1. The Morgan fingerprint density at radius 2 is 2.38 bits per heavy atom. The van der Waals surface area contributed by atoms with Crippen LogP contribution in [0.5, 0.6) is 0 Å². The molecule has 1 aliphatic rings. The SMILES string of the molecule is C#CCC1=C(C)CCC1C(C)C(O)C=C=C. The zero-order chi connectivity index (χ0) is 12.1. The molecule has 0 spiro atoms. The van der Waals surface area contributed by atoms with E-state index in [-0.39, 0.29) is 5.92 Å². The van der Waals surface area contributed by atoms with Crippen LogP contribution in [0.4, 0.5) is 0 Å². The Morgan fingerprint density at radius 3 is 2.94 bits per heavy atom. The summed E-state index contributed by atoms with van der Waals surface area (Å²) in [6, 6.07) is 0. The fourth-order valence-corrected chi connectivity index (χ4v) is 2.51. The van der Waals surface area contributed by atoms with Crippen molar-refractivity contribution in [1.29, 1.82) is 0 Å². The van der Waals surface area contributed by atoms with Crippen molar-refractivity contribution in [2.24, 2.45) is 11.8 Å². The molecule has 86 valence electrons. The fourth-order valence-electron chi connectivity index (χ4n) is 2.51. The second kappa shape index (κ2) is 5.75. The van der Waals surface area contributed by atoms with Gasteiger partial charge in [0.15, 0.2) is 0 Å². The number of rotatable bonds is 4. The van der Waals surface area contributed by atoms with Gasteiger partial charge in [-0.15, -0.1) is 18.1 Å². The van der Waals surface area contributed by atoms with Crippen LogP contribution in [0.2, 0.25) is 0 Å². The molecule has 1 heteroatoms. The lowest BCUT2D eigenvalue weighted by Crippen LogP contribution is -2.23. The van der Waals surface area contributed by atoms with Gasteiger partial charge in [-0.05, 0) is 37.7 Å². The molecule has 0 saturated carbocycles. The lowest BCUT2D eigenvalue weighted by molar-refractivity contribution is 0.133. The summed E-state index contributed by atoms with van der Waals surface area (Å²) in [5.41, 5.74) is 5.41. The Balaban J connectivity index is 2.82. The van der Waals surface area contributed by atoms with E-state index in [2.05, 4.69) is 32.1 Å². The second-order valence-corrected chi connectivity index (χ2v) is 4.55. The maximum atomic E-state index is 9.92. The van der Waals surface area contributed by atoms with Crippen molar-refractivity contribution in [3.05, 3.63) is 29.5 Å². The highest BCUT2D eigenvalue weighted by Crippen LogP contribution is 2.39. The van der Waals surface area contributed by atoms with Crippen molar-refractivity contribution in [3.63, 3.8) is 0 Å². The van der Waals surface area contributed by atoms with E-state index in [9.17, 15) is 5.11 Å². The summed E-state index contributed by atoms with van der Waals surface area (Å²) in [6.45, 7) is 7.71. The molecule has 3 unspecified atom stereocenters. The van der Waals surface area contributed by atoms with Crippen molar-refractivity contribution in [1.82, 2.24) is 0 Å². The third-order valence-electron chi connectivity index (χ3n) is 3.58. The molecule has 1 N–H and O–H groups in total. The van der Waals surface area contributed by atoms with Crippen molar-refractivity contribution in [2.75, 3.05) is 0 Å². The Morgan fingerprint density at radius 1 is 1.69 bits per heavy atom. The minimum absolute atomic E-state index is 0.190. The first kappa shape index (κ1) is 12.8. The van der Waals surface area contributed by atoms with Crippen LogP contribution in [0.3, 0.4) is 0 Å². The van der Waals surface area contributed by atoms with Crippen LogP contribution >= 0.6 is 0 Å². The number of aliphatic hydroxyl groups excluding tert-OH is 1. The molecule has 0 aromatic rings. The van der Waals surface area contributed by atoms with Gasteiger partial charge in [0.25, 0.3) is 0 Å². The van der Waals surface area contributed by atoms with Crippen LogP contribution in [0.1, 0.15) is 33.1 Å². The van der Waals surface area contributed by atoms with Crippen LogP contribution in [0, 0.1) is 24.2 Å². The minimum atomic E-state index is -0.471. The molecule has 0 bridgehead atoms. The molecule has 0 heterocycles. The molecular formula is C15H20O. The summed E-state index contributed by atoms with van der Waals surface area (Å²) in [6.07, 6.45) is 9.48. The lowest BCUT2D eigenvalue weighted by Gasteiger charge is -2.24. The van der Waals surface area contributed by atoms with Crippen LogP contribution in [0.15, 0.2) is 29.5 Å². The van der Waals surface area contributed by atoms with Gasteiger partial charge < -0.3 is 5.11 Å². The Bertz CT molecular complexity index is 363. The molecular weight excluding hydrogens is 196 g/mol. The van der Waals surface area contributed by atoms with Gasteiger partial charge >= 0.3 is 0 Å². The second-order valence-electron chi connectivity index (χ2n) is 4.55. The monoisotopic (exact) mass is 216 g/mol. The van der Waals surface area contributed by atoms with Gasteiger partial charge in [0.05, 0.1) is 6.10 Å². The highest BCUT2D eigenvalue weighted by atomic mass is 16.3. The molecule has 1 rings (SSSR count). The van der Waals surface area contributed by atoms with E-state index in [4.69, 9.17) is 6.42 Å². The zero-order valence-electron chi connectivity index (χ0n) is 10.2. The van der Waals surface area contributed by atoms with Crippen LogP contribution < -0.4 is 0 Å². The first-order valence-electron chi connectivity index (χ1n) is 5.77. The molecule has 0 aliphatic heterocycles. The van der Waals surface area contributed by atoms with Gasteiger partial charge in [-0.1, -0.05) is 24.6 Å². The predicted molar refractivity (Wildman–Crippen MR) is 67.8 cm³/mol. The van der Waals surface area contributed by atoms with Gasteiger partial charge in [-0.2, -0.15) is 0 Å². The summed E-state index contributed by atoms with van der Waals surface area (Å²) in [5, 5.41) is 9.92. The van der Waals surface area contributed by atoms with Crippen LogP contribution in [-0.2, 0) is 0 Å². The van der Waals surface area contributed by atoms with E-state index in [1.54, 1.807) is 6.08 Å². The smallest absolute Gasteiger partial charge is 0.0825 e. The summed E-state index contributed by atoms with van der Waals surface area (Å²) in [4.78, 5) is 0. The molecule has 0 aromatic heterocycles. The van der Waals surface area contributed by atoms with Gasteiger partial charge in [-0.25, -0.2) is 0 Å². The van der Waals surface area contributed by atoms with E-state index in [0.29, 0.717) is 12.3 Å². The van der Waals surface area contributed by atoms with Gasteiger partial charge in [-0.3, -0.25) is 0 Å². The zero-order valence-corrected chi connectivity index (χ0v) is 10.2. The molecule has 0 radical (unpaired) electrons. The number of terminal acetylenes is 1. The van der Waals surface area contributed by atoms with Crippen molar-refractivity contribution in [2.45, 2.75) is 39.2 Å². The molecule has 0 aromatic carbocycles. The quantitative estimate of drug-likeness (QED) is 0.435. The largest absolute Gasteiger partial charge is 0.388 e. The highest BCUT2D eigenvalue weighted by Gasteiger charge is 2.30. The summed E-state index contributed by atoms with van der Waals surface area (Å²) < 4.78 is 0. The van der Waals surface area contributed by atoms with Crippen LogP contribution in [-0.4, -0.2) is 11.2 Å². The third-order valence-corrected chi connectivity index (χ3v) is 3.58. The van der Waals surface area contributed by atoms with E-state index >= 15 is 0 Å². The molecule has 3 atom stereocenters. The first-order valence-corrected chi connectivity index (χ1v) is 5.77. The number of hydrogen-bond acceptors (Lipinski definition) is 1.